The largest absolute Gasteiger partial charge is 0.0527 e. The highest BCUT2D eigenvalue weighted by atomic mass is 14.7. The van der Waals surface area contributed by atoms with Crippen molar-refractivity contribution in [3.05, 3.63) is 0 Å². The molecule has 7 fully saturated rings. The fourth-order valence-electron chi connectivity index (χ4n) is 11.2. The Kier molecular flexibility index (Phi) is 2.84. The van der Waals surface area contributed by atoms with Crippen LogP contribution in [0.4, 0.5) is 0 Å². The maximum atomic E-state index is 1.68. The summed E-state index contributed by atoms with van der Waals surface area (Å²) in [5.74, 6) is 14.4. The van der Waals surface area contributed by atoms with Crippen LogP contribution >= 0.6 is 0 Å². The molecular formula is C24H36. The first-order valence-electron chi connectivity index (χ1n) is 11.9. The van der Waals surface area contributed by atoms with Crippen LogP contribution in [0.5, 0.6) is 0 Å². The van der Waals surface area contributed by atoms with Crippen molar-refractivity contribution in [3.63, 3.8) is 0 Å². The van der Waals surface area contributed by atoms with E-state index in [2.05, 4.69) is 0 Å². The Morgan fingerprint density at radius 3 is 1.54 bits per heavy atom. The number of fused-ring (bicyclic) bond motifs is 1. The molecule has 0 aromatic carbocycles. The average Bonchev–Trinajstić information content (AvgIpc) is 3.03. The van der Waals surface area contributed by atoms with E-state index in [1.165, 1.54) is 71.0 Å². The summed E-state index contributed by atoms with van der Waals surface area (Å²) in [7, 11) is 0. The highest BCUT2D eigenvalue weighted by molar-refractivity contribution is 5.14. The molecule has 0 aromatic rings. The van der Waals surface area contributed by atoms with Crippen molar-refractivity contribution in [1.82, 2.24) is 0 Å². The van der Waals surface area contributed by atoms with E-state index < -0.39 is 0 Å². The smallest absolute Gasteiger partial charge is 0.0313 e. The fraction of sp³-hybridized carbons (Fsp3) is 1.00. The predicted molar refractivity (Wildman–Crippen MR) is 97.3 cm³/mol. The van der Waals surface area contributed by atoms with Gasteiger partial charge in [0.15, 0.2) is 0 Å². The SMILES string of the molecule is C1CC2CCC3CC4CCC5CC6CCCC7C(C1)C2C3C(C54)C67. The van der Waals surface area contributed by atoms with Gasteiger partial charge in [-0.15, -0.1) is 0 Å². The lowest BCUT2D eigenvalue weighted by Crippen LogP contribution is -2.63. The fourth-order valence-corrected chi connectivity index (χ4v) is 11.2. The summed E-state index contributed by atoms with van der Waals surface area (Å²) in [5.41, 5.74) is 0. The van der Waals surface area contributed by atoms with Crippen LogP contribution in [0.15, 0.2) is 0 Å². The molecule has 0 bridgehead atoms. The molecule has 0 heterocycles. The van der Waals surface area contributed by atoms with Gasteiger partial charge in [-0.05, 0) is 122 Å². The van der Waals surface area contributed by atoms with E-state index in [9.17, 15) is 0 Å². The Morgan fingerprint density at radius 1 is 0.333 bits per heavy atom. The van der Waals surface area contributed by atoms with Crippen LogP contribution in [0.1, 0.15) is 77.0 Å². The van der Waals surface area contributed by atoms with Crippen molar-refractivity contribution < 1.29 is 0 Å². The molecule has 24 heavy (non-hydrogen) atoms. The summed E-state index contributed by atoms with van der Waals surface area (Å²) in [6.07, 6.45) is 19.6. The predicted octanol–water partition coefficient (Wildman–Crippen LogP) is 6.16. The highest BCUT2D eigenvalue weighted by Gasteiger charge is 2.66. The zero-order valence-corrected chi connectivity index (χ0v) is 15.4. The third-order valence-electron chi connectivity index (χ3n) is 11.3. The van der Waals surface area contributed by atoms with Crippen LogP contribution in [-0.4, -0.2) is 0 Å². The van der Waals surface area contributed by atoms with Gasteiger partial charge in [0.1, 0.15) is 0 Å². The molecule has 132 valence electrons. The second kappa shape index (κ2) is 4.83. The molecule has 7 aliphatic rings. The molecule has 0 spiro atoms. The normalized spacial score (nSPS) is 66.0. The first kappa shape index (κ1) is 14.1. The molecule has 7 rings (SSSR count). The van der Waals surface area contributed by atoms with E-state index >= 15 is 0 Å². The van der Waals surface area contributed by atoms with E-state index in [0.717, 1.165) is 0 Å². The number of hydrogen-bond acceptors (Lipinski definition) is 0. The topological polar surface area (TPSA) is 0 Å². The third kappa shape index (κ3) is 1.59. The summed E-state index contributed by atoms with van der Waals surface area (Å²) >= 11 is 0. The quantitative estimate of drug-likeness (QED) is 0.501. The molecule has 0 nitrogen and oxygen atoms in total. The summed E-state index contributed by atoms with van der Waals surface area (Å²) < 4.78 is 0. The summed E-state index contributed by atoms with van der Waals surface area (Å²) in [5, 5.41) is 0. The van der Waals surface area contributed by atoms with Gasteiger partial charge >= 0.3 is 0 Å². The zero-order chi connectivity index (χ0) is 15.4. The van der Waals surface area contributed by atoms with Crippen molar-refractivity contribution in [2.75, 3.05) is 0 Å². The van der Waals surface area contributed by atoms with E-state index in [0.29, 0.717) is 0 Å². The van der Waals surface area contributed by atoms with Gasteiger partial charge in [0, 0.05) is 0 Å². The molecule has 12 unspecified atom stereocenters. The monoisotopic (exact) mass is 324 g/mol. The van der Waals surface area contributed by atoms with Gasteiger partial charge in [-0.1, -0.05) is 25.7 Å². The molecule has 0 radical (unpaired) electrons. The van der Waals surface area contributed by atoms with Gasteiger partial charge < -0.3 is 0 Å². The minimum Gasteiger partial charge on any atom is -0.0527 e. The maximum Gasteiger partial charge on any atom is -0.0313 e. The van der Waals surface area contributed by atoms with Crippen LogP contribution in [0, 0.1) is 71.0 Å². The lowest BCUT2D eigenvalue weighted by molar-refractivity contribution is -0.206. The third-order valence-corrected chi connectivity index (χ3v) is 11.3. The molecule has 0 heteroatoms. The van der Waals surface area contributed by atoms with Gasteiger partial charge in [-0.25, -0.2) is 0 Å². The second-order valence-corrected chi connectivity index (χ2v) is 11.5. The Labute approximate surface area is 148 Å². The number of rotatable bonds is 0. The first-order chi connectivity index (χ1) is 11.9. The van der Waals surface area contributed by atoms with Crippen LogP contribution in [0.2, 0.25) is 0 Å². The van der Waals surface area contributed by atoms with Gasteiger partial charge in [0.05, 0.1) is 0 Å². The summed E-state index contributed by atoms with van der Waals surface area (Å²) in [6.45, 7) is 0. The molecule has 0 saturated heterocycles. The van der Waals surface area contributed by atoms with Crippen molar-refractivity contribution in [3.8, 4) is 0 Å². The van der Waals surface area contributed by atoms with Crippen LogP contribution in [0.25, 0.3) is 0 Å². The summed E-state index contributed by atoms with van der Waals surface area (Å²) in [6, 6.07) is 0. The molecule has 7 saturated carbocycles. The van der Waals surface area contributed by atoms with Crippen molar-refractivity contribution in [2.24, 2.45) is 71.0 Å². The molecule has 0 aliphatic heterocycles. The highest BCUT2D eigenvalue weighted by Crippen LogP contribution is 2.72. The Morgan fingerprint density at radius 2 is 0.833 bits per heavy atom. The molecule has 0 amide bonds. The second-order valence-electron chi connectivity index (χ2n) is 11.5. The zero-order valence-electron chi connectivity index (χ0n) is 15.4. The molecule has 7 aliphatic carbocycles. The Hall–Kier alpha value is 0. The standard InChI is InChI=1S/C24H36/c1-3-13-7-8-17-12-16-10-9-15-11-14-4-2-6-19-18(5-1)21(13)23(17)24(20(15)16)22(14)19/h13-24H,1-12H2. The number of hydrogen-bond donors (Lipinski definition) is 0. The van der Waals surface area contributed by atoms with Crippen LogP contribution in [0.3, 0.4) is 0 Å². The maximum absolute atomic E-state index is 1.68. The minimum atomic E-state index is 1.17. The van der Waals surface area contributed by atoms with Gasteiger partial charge in [0.25, 0.3) is 0 Å². The van der Waals surface area contributed by atoms with Crippen LogP contribution < -0.4 is 0 Å². The molecular weight excluding hydrogens is 288 g/mol. The first-order valence-corrected chi connectivity index (χ1v) is 11.9. The van der Waals surface area contributed by atoms with E-state index in [1.54, 1.807) is 77.0 Å². The van der Waals surface area contributed by atoms with Crippen LogP contribution in [-0.2, 0) is 0 Å². The molecule has 12 atom stereocenters. The Bertz CT molecular complexity index is 530. The van der Waals surface area contributed by atoms with Crippen molar-refractivity contribution in [2.45, 2.75) is 77.0 Å². The van der Waals surface area contributed by atoms with Crippen molar-refractivity contribution >= 4 is 0 Å². The van der Waals surface area contributed by atoms with E-state index in [-0.39, 0.29) is 0 Å². The van der Waals surface area contributed by atoms with Crippen molar-refractivity contribution in [1.29, 1.82) is 0 Å². The van der Waals surface area contributed by atoms with Gasteiger partial charge in [-0.2, -0.15) is 0 Å². The summed E-state index contributed by atoms with van der Waals surface area (Å²) in [4.78, 5) is 0. The van der Waals surface area contributed by atoms with E-state index in [1.807, 2.05) is 0 Å². The van der Waals surface area contributed by atoms with Gasteiger partial charge in [-0.3, -0.25) is 0 Å². The van der Waals surface area contributed by atoms with E-state index in [4.69, 9.17) is 0 Å². The molecule has 0 aromatic heterocycles. The average molecular weight is 325 g/mol. The lowest BCUT2D eigenvalue weighted by atomic mass is 9.36. The van der Waals surface area contributed by atoms with Gasteiger partial charge in [0.2, 0.25) is 0 Å². The lowest BCUT2D eigenvalue weighted by Gasteiger charge is -2.69. The Balaban J connectivity index is 1.40. The molecule has 0 N–H and O–H groups in total. The minimum absolute atomic E-state index is 1.17.